The minimum absolute atomic E-state index is 0.172. The Balaban J connectivity index is 0. The van der Waals surface area contributed by atoms with E-state index in [1.807, 2.05) is 0 Å². The molecule has 0 aliphatic carbocycles. The predicted molar refractivity (Wildman–Crippen MR) is 56.8 cm³/mol. The first-order chi connectivity index (χ1) is 8.12. The molecule has 0 spiro atoms. The Morgan fingerprint density at radius 3 is 1.71 bits per heavy atom. The third kappa shape index (κ3) is 17.7. The van der Waals surface area contributed by atoms with Crippen LogP contribution in [0.1, 0.15) is 6.92 Å². The molecule has 0 aliphatic rings. The first-order valence-corrected chi connectivity index (χ1v) is 4.98. The normalized spacial score (nSPS) is 13.0. The van der Waals surface area contributed by atoms with Crippen molar-refractivity contribution in [3.05, 3.63) is 0 Å². The third-order valence-electron chi connectivity index (χ3n) is 1.25. The Morgan fingerprint density at radius 1 is 1.12 bits per heavy atom. The van der Waals surface area contributed by atoms with Crippen molar-refractivity contribution in [1.29, 1.82) is 0 Å². The van der Waals surface area contributed by atoms with Crippen molar-refractivity contribution in [2.45, 2.75) is 19.1 Å². The van der Waals surface area contributed by atoms with Gasteiger partial charge < -0.3 is 20.4 Å². The molecule has 0 fully saturated rings. The number of aliphatic imine (C=N–C) groups is 1. The maximum Gasteiger partial charge on any atom is 0.234 e. The van der Waals surface area contributed by atoms with Crippen molar-refractivity contribution < 1.29 is 35.0 Å². The fourth-order valence-electron chi connectivity index (χ4n) is 0.423. The Kier molecular flexibility index (Phi) is 16.5. The predicted octanol–water partition coefficient (Wildman–Crippen LogP) is -2.02. The van der Waals surface area contributed by atoms with Crippen molar-refractivity contribution in [3.8, 4) is 0 Å². The van der Waals surface area contributed by atoms with Gasteiger partial charge in [-0.15, -0.1) is 0 Å². The molecule has 8 nitrogen and oxygen atoms in total. The Bertz CT molecular complexity index is 184. The van der Waals surface area contributed by atoms with E-state index in [1.165, 1.54) is 6.08 Å². The number of carbonyl (C=O) groups excluding carboxylic acids is 1. The quantitative estimate of drug-likeness (QED) is 0.129. The highest BCUT2D eigenvalue weighted by molar-refractivity contribution is 5.32. The van der Waals surface area contributed by atoms with Gasteiger partial charge in [0.2, 0.25) is 6.08 Å². The zero-order valence-corrected chi connectivity index (χ0v) is 9.65. The molecule has 0 saturated carbocycles. The van der Waals surface area contributed by atoms with Crippen molar-refractivity contribution in [2.24, 2.45) is 4.99 Å². The molecule has 8 heteroatoms. The number of hydrogen-bond donors (Lipinski definition) is 4. The second kappa shape index (κ2) is 15.1. The van der Waals surface area contributed by atoms with Crippen LogP contribution < -0.4 is 0 Å². The highest BCUT2D eigenvalue weighted by Gasteiger charge is 2.04. The van der Waals surface area contributed by atoms with Crippen molar-refractivity contribution in [3.63, 3.8) is 0 Å². The smallest absolute Gasteiger partial charge is 0.234 e. The van der Waals surface area contributed by atoms with Crippen LogP contribution in [0, 0.1) is 0 Å². The number of nitrogens with zero attached hydrogens (tertiary/aromatic N) is 1. The molecular weight excluding hydrogens is 234 g/mol. The molecule has 2 unspecified atom stereocenters. The summed E-state index contributed by atoms with van der Waals surface area (Å²) in [5.41, 5.74) is 0. The summed E-state index contributed by atoms with van der Waals surface area (Å²) in [6.45, 7) is 1.16. The van der Waals surface area contributed by atoms with Crippen molar-refractivity contribution in [2.75, 3.05) is 33.0 Å². The number of isocyanates is 1. The highest BCUT2D eigenvalue weighted by Crippen LogP contribution is 1.88. The Hall–Kier alpha value is -0.860. The van der Waals surface area contributed by atoms with E-state index in [-0.39, 0.29) is 13.2 Å². The first kappa shape index (κ1) is 18.5. The molecule has 0 aromatic rings. The van der Waals surface area contributed by atoms with Crippen LogP contribution >= 0.6 is 0 Å². The van der Waals surface area contributed by atoms with Crippen molar-refractivity contribution >= 4 is 6.08 Å². The Morgan fingerprint density at radius 2 is 1.53 bits per heavy atom. The van der Waals surface area contributed by atoms with Crippen LogP contribution in [0.15, 0.2) is 4.99 Å². The number of hydrogen-bond acceptors (Lipinski definition) is 8. The van der Waals surface area contributed by atoms with Gasteiger partial charge in [-0.25, -0.2) is 19.6 Å². The summed E-state index contributed by atoms with van der Waals surface area (Å²) < 4.78 is 0. The lowest BCUT2D eigenvalue weighted by Crippen LogP contribution is -2.23. The molecule has 0 rings (SSSR count). The van der Waals surface area contributed by atoms with Crippen LogP contribution in [0.25, 0.3) is 0 Å². The first-order valence-electron chi connectivity index (χ1n) is 4.98. The molecule has 0 radical (unpaired) electrons. The van der Waals surface area contributed by atoms with Gasteiger partial charge in [0.1, 0.15) is 25.4 Å². The molecule has 0 aliphatic heterocycles. The molecule has 0 saturated heterocycles. The largest absolute Gasteiger partial charge is 0.394 e. The van der Waals surface area contributed by atoms with Gasteiger partial charge in [-0.2, -0.15) is 0 Å². The summed E-state index contributed by atoms with van der Waals surface area (Å²) in [6.07, 6.45) is -0.587. The molecular formula is C9H19NO7. The van der Waals surface area contributed by atoms with Gasteiger partial charge >= 0.3 is 0 Å². The molecule has 0 bridgehead atoms. The van der Waals surface area contributed by atoms with Gasteiger partial charge in [-0.1, -0.05) is 0 Å². The summed E-state index contributed by atoms with van der Waals surface area (Å²) in [7, 11) is 0. The Labute approximate surface area is 99.1 Å². The van der Waals surface area contributed by atoms with Crippen LogP contribution in [-0.4, -0.2) is 71.7 Å². The molecule has 0 aromatic carbocycles. The maximum atomic E-state index is 9.11. The van der Waals surface area contributed by atoms with Crippen LogP contribution in [0.3, 0.4) is 0 Å². The molecule has 0 heterocycles. The minimum Gasteiger partial charge on any atom is -0.394 e. The minimum atomic E-state index is -0.990. The van der Waals surface area contributed by atoms with Crippen LogP contribution in [0.5, 0.6) is 0 Å². The molecule has 2 atom stereocenters. The second-order valence-corrected chi connectivity index (χ2v) is 2.81. The van der Waals surface area contributed by atoms with Crippen LogP contribution in [-0.2, 0) is 14.6 Å². The van der Waals surface area contributed by atoms with Gasteiger partial charge in [0.25, 0.3) is 0 Å². The average molecular weight is 253 g/mol. The van der Waals surface area contributed by atoms with Crippen molar-refractivity contribution in [1.82, 2.24) is 0 Å². The summed E-state index contributed by atoms with van der Waals surface area (Å²) in [4.78, 5) is 21.0. The second-order valence-electron chi connectivity index (χ2n) is 2.81. The van der Waals surface area contributed by atoms with E-state index < -0.39 is 25.4 Å². The van der Waals surface area contributed by atoms with Gasteiger partial charge in [0.05, 0.1) is 13.2 Å². The zero-order valence-electron chi connectivity index (χ0n) is 9.65. The van der Waals surface area contributed by atoms with Gasteiger partial charge in [-0.05, 0) is 6.92 Å². The lowest BCUT2D eigenvalue weighted by Gasteiger charge is -2.09. The van der Waals surface area contributed by atoms with Crippen LogP contribution in [0.4, 0.5) is 0 Å². The maximum absolute atomic E-state index is 9.11. The van der Waals surface area contributed by atoms with Gasteiger partial charge in [0.15, 0.2) is 0 Å². The van der Waals surface area contributed by atoms with Gasteiger partial charge in [0, 0.05) is 6.54 Å². The van der Waals surface area contributed by atoms with E-state index >= 15 is 0 Å². The van der Waals surface area contributed by atoms with Crippen LogP contribution in [0.2, 0.25) is 0 Å². The van der Waals surface area contributed by atoms with E-state index in [1.54, 1.807) is 6.92 Å². The lowest BCUT2D eigenvalue weighted by atomic mass is 10.4. The zero-order chi connectivity index (χ0) is 13.5. The molecule has 4 N–H and O–H groups in total. The lowest BCUT2D eigenvalue weighted by molar-refractivity contribution is -0.316. The number of aliphatic hydroxyl groups is 4. The molecule has 0 aromatic heterocycles. The molecule has 102 valence electrons. The summed E-state index contributed by atoms with van der Waals surface area (Å²) in [5.74, 6) is 0. The number of aliphatic hydroxyl groups excluding tert-OH is 4. The van der Waals surface area contributed by atoms with E-state index in [9.17, 15) is 0 Å². The summed E-state index contributed by atoms with van der Waals surface area (Å²) in [6, 6.07) is 0. The third-order valence-corrected chi connectivity index (χ3v) is 1.25. The SMILES string of the molecule is CCN=C=O.OCC(O)COOCC(O)CO. The fraction of sp³-hybridized carbons (Fsp3) is 0.889. The molecule has 17 heavy (non-hydrogen) atoms. The van der Waals surface area contributed by atoms with E-state index in [2.05, 4.69) is 14.8 Å². The van der Waals surface area contributed by atoms with Gasteiger partial charge in [-0.3, -0.25) is 0 Å². The average Bonchev–Trinajstić information content (AvgIpc) is 2.35. The summed E-state index contributed by atoms with van der Waals surface area (Å²) in [5, 5.41) is 34.1. The standard InChI is InChI=1S/C6H14O6.C3H5NO/c7-1-5(9)3-11-12-4-6(10)2-8;1-2-4-3-5/h5-10H,1-4H2;2H2,1H3. The van der Waals surface area contributed by atoms with E-state index in [0.29, 0.717) is 6.54 Å². The van der Waals surface area contributed by atoms with E-state index in [0.717, 1.165) is 0 Å². The highest BCUT2D eigenvalue weighted by atomic mass is 17.2. The summed E-state index contributed by atoms with van der Waals surface area (Å²) >= 11 is 0. The van der Waals surface area contributed by atoms with E-state index in [4.69, 9.17) is 25.2 Å². The number of rotatable bonds is 8. The monoisotopic (exact) mass is 253 g/mol. The topological polar surface area (TPSA) is 129 Å². The molecule has 0 amide bonds. The fourth-order valence-corrected chi connectivity index (χ4v) is 0.423.